The van der Waals surface area contributed by atoms with Crippen LogP contribution in [-0.4, -0.2) is 16.4 Å². The predicted octanol–water partition coefficient (Wildman–Crippen LogP) is 2.27. The summed E-state index contributed by atoms with van der Waals surface area (Å²) >= 11 is 6.01. The maximum Gasteiger partial charge on any atom is 0.155 e. The number of fused-ring (bicyclic) bond motifs is 1. The number of aromatic nitrogens is 2. The van der Waals surface area contributed by atoms with Crippen molar-refractivity contribution in [3.63, 3.8) is 0 Å². The summed E-state index contributed by atoms with van der Waals surface area (Å²) in [5.41, 5.74) is 1.81. The molecule has 3 nitrogen and oxygen atoms in total. The SMILES string of the molecule is CNC(C)c1cn2cccc(Cl)c2n1. The summed E-state index contributed by atoms with van der Waals surface area (Å²) in [6.07, 6.45) is 3.93. The van der Waals surface area contributed by atoms with E-state index in [0.717, 1.165) is 11.3 Å². The molecule has 1 atom stereocenters. The Balaban J connectivity index is 2.56. The molecule has 0 aliphatic rings. The lowest BCUT2D eigenvalue weighted by Crippen LogP contribution is -2.12. The fraction of sp³-hybridized carbons (Fsp3) is 0.300. The van der Waals surface area contributed by atoms with E-state index in [1.165, 1.54) is 0 Å². The van der Waals surface area contributed by atoms with E-state index in [2.05, 4.69) is 17.2 Å². The van der Waals surface area contributed by atoms with E-state index in [0.29, 0.717) is 5.02 Å². The summed E-state index contributed by atoms with van der Waals surface area (Å²) in [4.78, 5) is 4.45. The first-order chi connectivity index (χ1) is 6.72. The minimum Gasteiger partial charge on any atom is -0.312 e. The number of nitrogens with one attached hydrogen (secondary N) is 1. The van der Waals surface area contributed by atoms with Crippen molar-refractivity contribution in [2.75, 3.05) is 7.05 Å². The summed E-state index contributed by atoms with van der Waals surface area (Å²) in [6, 6.07) is 3.99. The first-order valence-electron chi connectivity index (χ1n) is 4.52. The van der Waals surface area contributed by atoms with Crippen LogP contribution in [0.25, 0.3) is 5.65 Å². The highest BCUT2D eigenvalue weighted by Gasteiger charge is 2.08. The average Bonchev–Trinajstić information content (AvgIpc) is 2.62. The van der Waals surface area contributed by atoms with Crippen LogP contribution in [0.1, 0.15) is 18.7 Å². The molecule has 2 heterocycles. The molecule has 1 N–H and O–H groups in total. The van der Waals surface area contributed by atoms with Gasteiger partial charge in [-0.15, -0.1) is 0 Å². The first-order valence-corrected chi connectivity index (χ1v) is 4.90. The van der Waals surface area contributed by atoms with Gasteiger partial charge in [0.1, 0.15) is 0 Å². The van der Waals surface area contributed by atoms with Gasteiger partial charge in [0, 0.05) is 18.4 Å². The number of halogens is 1. The molecule has 0 fully saturated rings. The van der Waals surface area contributed by atoms with E-state index in [-0.39, 0.29) is 6.04 Å². The van der Waals surface area contributed by atoms with Gasteiger partial charge in [0.25, 0.3) is 0 Å². The Morgan fingerprint density at radius 2 is 2.36 bits per heavy atom. The second kappa shape index (κ2) is 3.59. The normalized spacial score (nSPS) is 13.4. The summed E-state index contributed by atoms with van der Waals surface area (Å²) in [5.74, 6) is 0. The van der Waals surface area contributed by atoms with Gasteiger partial charge < -0.3 is 9.72 Å². The molecule has 0 aliphatic carbocycles. The maximum atomic E-state index is 6.01. The molecule has 0 radical (unpaired) electrons. The molecule has 2 rings (SSSR count). The zero-order chi connectivity index (χ0) is 10.1. The van der Waals surface area contributed by atoms with E-state index in [1.807, 2.05) is 36.0 Å². The van der Waals surface area contributed by atoms with Crippen LogP contribution in [0.5, 0.6) is 0 Å². The molecule has 4 heteroatoms. The van der Waals surface area contributed by atoms with Crippen LogP contribution >= 0.6 is 11.6 Å². The molecule has 14 heavy (non-hydrogen) atoms. The molecule has 0 saturated carbocycles. The van der Waals surface area contributed by atoms with Gasteiger partial charge in [0.05, 0.1) is 10.7 Å². The van der Waals surface area contributed by atoms with Crippen molar-refractivity contribution in [1.82, 2.24) is 14.7 Å². The van der Waals surface area contributed by atoms with Crippen LogP contribution in [0.4, 0.5) is 0 Å². The fourth-order valence-corrected chi connectivity index (χ4v) is 1.57. The van der Waals surface area contributed by atoms with E-state index < -0.39 is 0 Å². The minimum atomic E-state index is 0.242. The molecule has 0 bridgehead atoms. The first kappa shape index (κ1) is 9.49. The van der Waals surface area contributed by atoms with Crippen molar-refractivity contribution in [3.05, 3.63) is 35.2 Å². The van der Waals surface area contributed by atoms with E-state index in [1.54, 1.807) is 0 Å². The monoisotopic (exact) mass is 209 g/mol. The van der Waals surface area contributed by atoms with Crippen LogP contribution in [0.15, 0.2) is 24.5 Å². The van der Waals surface area contributed by atoms with Gasteiger partial charge in [0.2, 0.25) is 0 Å². The molecule has 0 saturated heterocycles. The lowest BCUT2D eigenvalue weighted by molar-refractivity contribution is 0.637. The smallest absolute Gasteiger partial charge is 0.155 e. The van der Waals surface area contributed by atoms with Crippen LogP contribution < -0.4 is 5.32 Å². The summed E-state index contributed by atoms with van der Waals surface area (Å²) < 4.78 is 1.94. The third kappa shape index (κ3) is 1.49. The fourth-order valence-electron chi connectivity index (χ4n) is 1.35. The lowest BCUT2D eigenvalue weighted by atomic mass is 10.3. The van der Waals surface area contributed by atoms with Crippen LogP contribution in [-0.2, 0) is 0 Å². The third-order valence-corrected chi connectivity index (χ3v) is 2.63. The molecular formula is C10H12ClN3. The van der Waals surface area contributed by atoms with Crippen molar-refractivity contribution in [3.8, 4) is 0 Å². The molecule has 0 aromatic carbocycles. The Kier molecular flexibility index (Phi) is 2.44. The highest BCUT2D eigenvalue weighted by atomic mass is 35.5. The van der Waals surface area contributed by atoms with Gasteiger partial charge in [-0.2, -0.15) is 0 Å². The summed E-state index contributed by atoms with van der Waals surface area (Å²) in [5, 5.41) is 3.83. The Morgan fingerprint density at radius 1 is 1.57 bits per heavy atom. The van der Waals surface area contributed by atoms with E-state index >= 15 is 0 Å². The molecule has 1 unspecified atom stereocenters. The number of nitrogens with zero attached hydrogens (tertiary/aromatic N) is 2. The Labute approximate surface area is 87.7 Å². The highest BCUT2D eigenvalue weighted by molar-refractivity contribution is 6.33. The van der Waals surface area contributed by atoms with Crippen molar-refractivity contribution < 1.29 is 0 Å². The highest BCUT2D eigenvalue weighted by Crippen LogP contribution is 2.18. The molecule has 0 aliphatic heterocycles. The summed E-state index contributed by atoms with van der Waals surface area (Å²) in [6.45, 7) is 2.07. The Hall–Kier alpha value is -1.06. The Bertz CT molecular complexity index is 450. The summed E-state index contributed by atoms with van der Waals surface area (Å²) in [7, 11) is 1.91. The zero-order valence-electron chi connectivity index (χ0n) is 8.16. The zero-order valence-corrected chi connectivity index (χ0v) is 8.92. The molecule has 0 spiro atoms. The topological polar surface area (TPSA) is 29.3 Å². The average molecular weight is 210 g/mol. The van der Waals surface area contributed by atoms with Crippen LogP contribution in [0.3, 0.4) is 0 Å². The van der Waals surface area contributed by atoms with Crippen LogP contribution in [0.2, 0.25) is 5.02 Å². The van der Waals surface area contributed by atoms with E-state index in [9.17, 15) is 0 Å². The third-order valence-electron chi connectivity index (χ3n) is 2.33. The molecule has 74 valence electrons. The van der Waals surface area contributed by atoms with Gasteiger partial charge in [-0.1, -0.05) is 11.6 Å². The van der Waals surface area contributed by atoms with Gasteiger partial charge in [-0.3, -0.25) is 0 Å². The van der Waals surface area contributed by atoms with Gasteiger partial charge in [-0.05, 0) is 26.1 Å². The molecule has 2 aromatic rings. The largest absolute Gasteiger partial charge is 0.312 e. The van der Waals surface area contributed by atoms with Crippen molar-refractivity contribution in [2.24, 2.45) is 0 Å². The Morgan fingerprint density at radius 3 is 3.00 bits per heavy atom. The molecular weight excluding hydrogens is 198 g/mol. The lowest BCUT2D eigenvalue weighted by Gasteiger charge is -2.03. The van der Waals surface area contributed by atoms with Crippen molar-refractivity contribution in [1.29, 1.82) is 0 Å². The minimum absolute atomic E-state index is 0.242. The maximum absolute atomic E-state index is 6.01. The van der Waals surface area contributed by atoms with Gasteiger partial charge in [-0.25, -0.2) is 4.98 Å². The number of imidazole rings is 1. The standard InChI is InChI=1S/C10H12ClN3/c1-7(12-2)9-6-14-5-3-4-8(11)10(14)13-9/h3-7,12H,1-2H3. The molecule has 2 aromatic heterocycles. The second-order valence-electron chi connectivity index (χ2n) is 3.26. The van der Waals surface area contributed by atoms with Crippen molar-refractivity contribution >= 4 is 17.2 Å². The van der Waals surface area contributed by atoms with Gasteiger partial charge in [0.15, 0.2) is 5.65 Å². The van der Waals surface area contributed by atoms with Gasteiger partial charge >= 0.3 is 0 Å². The number of hydrogen-bond acceptors (Lipinski definition) is 2. The van der Waals surface area contributed by atoms with Crippen LogP contribution in [0, 0.1) is 0 Å². The number of rotatable bonds is 2. The second-order valence-corrected chi connectivity index (χ2v) is 3.67. The predicted molar refractivity (Wildman–Crippen MR) is 57.7 cm³/mol. The number of pyridine rings is 1. The quantitative estimate of drug-likeness (QED) is 0.822. The molecule has 0 amide bonds. The van der Waals surface area contributed by atoms with E-state index in [4.69, 9.17) is 11.6 Å². The van der Waals surface area contributed by atoms with Crippen molar-refractivity contribution in [2.45, 2.75) is 13.0 Å². The number of hydrogen-bond donors (Lipinski definition) is 1.